The molecule has 96 valence electrons. The first kappa shape index (κ1) is 11.5. The van der Waals surface area contributed by atoms with Crippen molar-refractivity contribution in [3.8, 4) is 0 Å². The molecule has 0 unspecified atom stereocenters. The quantitative estimate of drug-likeness (QED) is 0.669. The van der Waals surface area contributed by atoms with Crippen molar-refractivity contribution in [3.05, 3.63) is 36.2 Å². The summed E-state index contributed by atoms with van der Waals surface area (Å²) < 4.78 is 0. The van der Waals surface area contributed by atoms with Crippen LogP contribution < -0.4 is 10.6 Å². The molecule has 0 saturated carbocycles. The van der Waals surface area contributed by atoms with Crippen LogP contribution in [-0.2, 0) is 0 Å². The lowest BCUT2D eigenvalue weighted by molar-refractivity contribution is 1.05. The number of aryl methyl sites for hydroxylation is 1. The molecule has 3 aromatic rings. The van der Waals surface area contributed by atoms with Gasteiger partial charge < -0.3 is 10.6 Å². The Morgan fingerprint density at radius 2 is 2.11 bits per heavy atom. The molecule has 6 nitrogen and oxygen atoms in total. The molecular formula is C13H14N6. The molecule has 0 aromatic carbocycles. The fourth-order valence-corrected chi connectivity index (χ4v) is 1.94. The number of nitrogens with one attached hydrogen (secondary N) is 3. The van der Waals surface area contributed by atoms with E-state index in [9.17, 15) is 0 Å². The Hall–Kier alpha value is -2.63. The van der Waals surface area contributed by atoms with Gasteiger partial charge in [-0.3, -0.25) is 10.1 Å². The second-order valence-corrected chi connectivity index (χ2v) is 4.24. The smallest absolute Gasteiger partial charge is 0.153 e. The first-order valence-electron chi connectivity index (χ1n) is 5.99. The van der Waals surface area contributed by atoms with Crippen molar-refractivity contribution in [2.75, 3.05) is 17.7 Å². The molecule has 3 aromatic heterocycles. The number of hydrogen-bond acceptors (Lipinski definition) is 5. The van der Waals surface area contributed by atoms with Crippen LogP contribution in [-0.4, -0.2) is 27.2 Å². The normalized spacial score (nSPS) is 10.6. The minimum atomic E-state index is 0.710. The lowest BCUT2D eigenvalue weighted by atomic mass is 10.2. The Kier molecular flexibility index (Phi) is 2.75. The fraction of sp³-hybridized carbons (Fsp3) is 0.154. The van der Waals surface area contributed by atoms with E-state index in [-0.39, 0.29) is 0 Å². The van der Waals surface area contributed by atoms with E-state index in [1.54, 1.807) is 6.20 Å². The van der Waals surface area contributed by atoms with Crippen LogP contribution in [0.5, 0.6) is 0 Å². The zero-order valence-electron chi connectivity index (χ0n) is 10.7. The first-order valence-corrected chi connectivity index (χ1v) is 5.99. The maximum Gasteiger partial charge on any atom is 0.153 e. The molecule has 19 heavy (non-hydrogen) atoms. The average molecular weight is 254 g/mol. The van der Waals surface area contributed by atoms with Crippen LogP contribution in [0.3, 0.4) is 0 Å². The van der Waals surface area contributed by atoms with Crippen LogP contribution >= 0.6 is 0 Å². The molecule has 0 aliphatic carbocycles. The SMILES string of the molecule is CNc1nc(Nc2cc(C)[nH]n2)cc2ncccc12. The Labute approximate surface area is 110 Å². The van der Waals surface area contributed by atoms with E-state index in [2.05, 4.69) is 30.8 Å². The molecule has 0 bridgehead atoms. The highest BCUT2D eigenvalue weighted by atomic mass is 15.2. The Morgan fingerprint density at radius 3 is 2.84 bits per heavy atom. The lowest BCUT2D eigenvalue weighted by Gasteiger charge is -2.08. The van der Waals surface area contributed by atoms with E-state index in [1.807, 2.05) is 38.2 Å². The molecule has 3 N–H and O–H groups in total. The van der Waals surface area contributed by atoms with Gasteiger partial charge in [-0.25, -0.2) is 4.98 Å². The molecule has 0 atom stereocenters. The summed E-state index contributed by atoms with van der Waals surface area (Å²) in [6.45, 7) is 1.95. The van der Waals surface area contributed by atoms with Gasteiger partial charge in [-0.15, -0.1) is 0 Å². The molecule has 0 aliphatic rings. The summed E-state index contributed by atoms with van der Waals surface area (Å²) >= 11 is 0. The van der Waals surface area contributed by atoms with Gasteiger partial charge in [-0.1, -0.05) is 0 Å². The van der Waals surface area contributed by atoms with Crippen molar-refractivity contribution in [1.82, 2.24) is 20.2 Å². The number of aromatic amines is 1. The van der Waals surface area contributed by atoms with Crippen molar-refractivity contribution in [2.45, 2.75) is 6.92 Å². The summed E-state index contributed by atoms with van der Waals surface area (Å²) in [5.74, 6) is 2.24. The van der Waals surface area contributed by atoms with Gasteiger partial charge >= 0.3 is 0 Å². The van der Waals surface area contributed by atoms with E-state index < -0.39 is 0 Å². The molecule has 0 aliphatic heterocycles. The molecule has 0 fully saturated rings. The number of rotatable bonds is 3. The summed E-state index contributed by atoms with van der Waals surface area (Å²) in [6, 6.07) is 7.71. The molecule has 0 radical (unpaired) electrons. The van der Waals surface area contributed by atoms with E-state index in [0.717, 1.165) is 28.2 Å². The number of H-pyrrole nitrogens is 1. The van der Waals surface area contributed by atoms with E-state index in [0.29, 0.717) is 5.82 Å². The monoisotopic (exact) mass is 254 g/mol. The topological polar surface area (TPSA) is 78.5 Å². The van der Waals surface area contributed by atoms with Gasteiger partial charge in [0, 0.05) is 36.5 Å². The zero-order chi connectivity index (χ0) is 13.2. The second-order valence-electron chi connectivity index (χ2n) is 4.24. The molecule has 0 saturated heterocycles. The number of aromatic nitrogens is 4. The van der Waals surface area contributed by atoms with E-state index in [4.69, 9.17) is 0 Å². The zero-order valence-corrected chi connectivity index (χ0v) is 10.7. The summed E-state index contributed by atoms with van der Waals surface area (Å²) in [4.78, 5) is 8.86. The Balaban J connectivity index is 2.04. The highest BCUT2D eigenvalue weighted by Gasteiger charge is 2.06. The minimum absolute atomic E-state index is 0.710. The standard InChI is InChI=1S/C13H14N6/c1-8-6-12(19-18-8)16-11-7-10-9(4-3-5-15-10)13(14-2)17-11/h3-7H,1-2H3,(H3,14,16,17,18,19). The second kappa shape index (κ2) is 4.56. The van der Waals surface area contributed by atoms with Crippen molar-refractivity contribution in [2.24, 2.45) is 0 Å². The van der Waals surface area contributed by atoms with Gasteiger partial charge in [0.1, 0.15) is 11.6 Å². The van der Waals surface area contributed by atoms with Crippen molar-refractivity contribution in [1.29, 1.82) is 0 Å². The summed E-state index contributed by atoms with van der Waals surface area (Å²) in [5, 5.41) is 14.2. The highest BCUT2D eigenvalue weighted by molar-refractivity contribution is 5.91. The maximum absolute atomic E-state index is 4.51. The van der Waals surface area contributed by atoms with Crippen LogP contribution in [0.4, 0.5) is 17.5 Å². The number of anilines is 3. The molecule has 0 amide bonds. The Bertz CT molecular complexity index is 718. The summed E-state index contributed by atoms with van der Waals surface area (Å²) in [6.07, 6.45) is 1.77. The molecule has 3 rings (SSSR count). The summed E-state index contributed by atoms with van der Waals surface area (Å²) in [5.41, 5.74) is 1.88. The van der Waals surface area contributed by atoms with Gasteiger partial charge in [-0.05, 0) is 19.1 Å². The van der Waals surface area contributed by atoms with Crippen LogP contribution in [0.15, 0.2) is 30.5 Å². The summed E-state index contributed by atoms with van der Waals surface area (Å²) in [7, 11) is 1.84. The van der Waals surface area contributed by atoms with Crippen LogP contribution in [0, 0.1) is 6.92 Å². The molecule has 3 heterocycles. The minimum Gasteiger partial charge on any atom is -0.373 e. The van der Waals surface area contributed by atoms with Crippen molar-refractivity contribution < 1.29 is 0 Å². The maximum atomic E-state index is 4.51. The average Bonchev–Trinajstić information content (AvgIpc) is 2.83. The first-order chi connectivity index (χ1) is 9.26. The van der Waals surface area contributed by atoms with Gasteiger partial charge in [-0.2, -0.15) is 5.10 Å². The van der Waals surface area contributed by atoms with Gasteiger partial charge in [0.2, 0.25) is 0 Å². The van der Waals surface area contributed by atoms with E-state index >= 15 is 0 Å². The Morgan fingerprint density at radius 1 is 1.21 bits per heavy atom. The van der Waals surface area contributed by atoms with Gasteiger partial charge in [0.15, 0.2) is 5.82 Å². The van der Waals surface area contributed by atoms with Gasteiger partial charge in [0.05, 0.1) is 5.52 Å². The predicted octanol–water partition coefficient (Wildman–Crippen LogP) is 2.45. The number of pyridine rings is 2. The number of nitrogens with zero attached hydrogens (tertiary/aromatic N) is 3. The highest BCUT2D eigenvalue weighted by Crippen LogP contribution is 2.24. The fourth-order valence-electron chi connectivity index (χ4n) is 1.94. The predicted molar refractivity (Wildman–Crippen MR) is 75.7 cm³/mol. The number of fused-ring (bicyclic) bond motifs is 1. The molecule has 6 heteroatoms. The van der Waals surface area contributed by atoms with E-state index in [1.165, 1.54) is 0 Å². The lowest BCUT2D eigenvalue weighted by Crippen LogP contribution is -2.00. The van der Waals surface area contributed by atoms with Gasteiger partial charge in [0.25, 0.3) is 0 Å². The third kappa shape index (κ3) is 2.20. The van der Waals surface area contributed by atoms with Crippen LogP contribution in [0.2, 0.25) is 0 Å². The van der Waals surface area contributed by atoms with Crippen molar-refractivity contribution in [3.63, 3.8) is 0 Å². The number of hydrogen-bond donors (Lipinski definition) is 3. The van der Waals surface area contributed by atoms with Crippen molar-refractivity contribution >= 4 is 28.4 Å². The molecule has 0 spiro atoms. The van der Waals surface area contributed by atoms with Crippen LogP contribution in [0.1, 0.15) is 5.69 Å². The van der Waals surface area contributed by atoms with Crippen LogP contribution in [0.25, 0.3) is 10.9 Å². The molecular weight excluding hydrogens is 240 g/mol. The third-order valence-electron chi connectivity index (χ3n) is 2.80. The largest absolute Gasteiger partial charge is 0.373 e. The third-order valence-corrected chi connectivity index (χ3v) is 2.80.